The molecule has 0 bridgehead atoms. The number of piperazine rings is 1. The highest BCUT2D eigenvalue weighted by Gasteiger charge is 2.34. The third-order valence-corrected chi connectivity index (χ3v) is 7.99. The van der Waals surface area contributed by atoms with E-state index in [1.54, 1.807) is 12.1 Å². The first kappa shape index (κ1) is 18.6. The maximum absolute atomic E-state index is 12.8. The summed E-state index contributed by atoms with van der Waals surface area (Å²) >= 11 is 0. The third-order valence-electron chi connectivity index (χ3n) is 4.13. The lowest BCUT2D eigenvalue weighted by Crippen LogP contribution is -2.50. The molecule has 2 heterocycles. The molecular weight excluding hydrogens is 378 g/mol. The van der Waals surface area contributed by atoms with E-state index in [2.05, 4.69) is 4.98 Å². The molecule has 2 aromatic rings. The van der Waals surface area contributed by atoms with Crippen LogP contribution < -0.4 is 0 Å². The van der Waals surface area contributed by atoms with Gasteiger partial charge in [0.1, 0.15) is 4.90 Å². The van der Waals surface area contributed by atoms with Gasteiger partial charge in [-0.1, -0.05) is 18.2 Å². The van der Waals surface area contributed by atoms with E-state index in [0.717, 1.165) is 0 Å². The second kappa shape index (κ2) is 7.23. The van der Waals surface area contributed by atoms with Crippen molar-refractivity contribution in [3.63, 3.8) is 0 Å². The molecule has 0 spiro atoms. The van der Waals surface area contributed by atoms with Crippen molar-refractivity contribution < 1.29 is 21.6 Å². The molecule has 8 nitrogen and oxygen atoms in total. The normalized spacial score (nSPS) is 17.1. The molecule has 1 saturated heterocycles. The van der Waals surface area contributed by atoms with Crippen LogP contribution in [0.4, 0.5) is 0 Å². The predicted molar refractivity (Wildman–Crippen MR) is 93.6 cm³/mol. The Morgan fingerprint density at radius 1 is 0.846 bits per heavy atom. The quantitative estimate of drug-likeness (QED) is 0.686. The molecule has 1 aliphatic heterocycles. The Bertz CT molecular complexity index is 999. The van der Waals surface area contributed by atoms with Crippen molar-refractivity contribution in [1.82, 2.24) is 13.6 Å². The maximum atomic E-state index is 12.8. The van der Waals surface area contributed by atoms with Gasteiger partial charge < -0.3 is 0 Å². The van der Waals surface area contributed by atoms with Crippen LogP contribution in [0.5, 0.6) is 0 Å². The van der Waals surface area contributed by atoms with Gasteiger partial charge in [-0.15, -0.1) is 0 Å². The highest BCUT2D eigenvalue weighted by molar-refractivity contribution is 7.89. The van der Waals surface area contributed by atoms with Crippen LogP contribution in [0.2, 0.25) is 0 Å². The van der Waals surface area contributed by atoms with E-state index in [-0.39, 0.29) is 41.5 Å². The lowest BCUT2D eigenvalue weighted by molar-refractivity contribution is 0.112. The van der Waals surface area contributed by atoms with Crippen LogP contribution in [0.15, 0.2) is 58.6 Å². The Kier molecular flexibility index (Phi) is 5.19. The van der Waals surface area contributed by atoms with Gasteiger partial charge in [-0.2, -0.15) is 8.61 Å². The van der Waals surface area contributed by atoms with E-state index in [0.29, 0.717) is 6.29 Å². The monoisotopic (exact) mass is 395 g/mol. The van der Waals surface area contributed by atoms with E-state index >= 15 is 0 Å². The second-order valence-electron chi connectivity index (χ2n) is 5.65. The van der Waals surface area contributed by atoms with Crippen molar-refractivity contribution in [3.8, 4) is 0 Å². The average Bonchev–Trinajstić information content (AvgIpc) is 2.68. The van der Waals surface area contributed by atoms with Gasteiger partial charge in [0.2, 0.25) is 20.0 Å². The van der Waals surface area contributed by atoms with Crippen LogP contribution in [-0.2, 0) is 20.0 Å². The number of hydrogen-bond donors (Lipinski definition) is 0. The first-order valence-corrected chi connectivity index (χ1v) is 10.7. The zero-order valence-electron chi connectivity index (χ0n) is 13.7. The van der Waals surface area contributed by atoms with Gasteiger partial charge >= 0.3 is 0 Å². The van der Waals surface area contributed by atoms with Gasteiger partial charge in [0.25, 0.3) is 0 Å². The Hall–Kier alpha value is -2.14. The molecule has 10 heteroatoms. The highest BCUT2D eigenvalue weighted by atomic mass is 32.2. The Balaban J connectivity index is 1.79. The first-order valence-electron chi connectivity index (χ1n) is 7.82. The molecule has 0 radical (unpaired) electrons. The van der Waals surface area contributed by atoms with E-state index in [4.69, 9.17) is 0 Å². The molecule has 138 valence electrons. The Labute approximate surface area is 152 Å². The first-order chi connectivity index (χ1) is 12.4. The fourth-order valence-electron chi connectivity index (χ4n) is 2.75. The summed E-state index contributed by atoms with van der Waals surface area (Å²) in [5.41, 5.74) is 0.0814. The number of aromatic nitrogens is 1. The number of benzene rings is 1. The maximum Gasteiger partial charge on any atom is 0.244 e. The summed E-state index contributed by atoms with van der Waals surface area (Å²) in [5, 5.41) is 0. The third kappa shape index (κ3) is 3.40. The molecule has 1 aromatic carbocycles. The fourth-order valence-corrected chi connectivity index (χ4v) is 5.72. The summed E-state index contributed by atoms with van der Waals surface area (Å²) in [7, 11) is -7.59. The number of rotatable bonds is 5. The molecule has 0 unspecified atom stereocenters. The van der Waals surface area contributed by atoms with Crippen molar-refractivity contribution >= 4 is 26.3 Å². The molecule has 0 N–H and O–H groups in total. The average molecular weight is 395 g/mol. The number of aldehydes is 1. The molecule has 1 aliphatic rings. The van der Waals surface area contributed by atoms with Crippen LogP contribution in [0, 0.1) is 0 Å². The van der Waals surface area contributed by atoms with Gasteiger partial charge in [0.05, 0.1) is 4.90 Å². The summed E-state index contributed by atoms with van der Waals surface area (Å²) in [6.45, 7) is 0.0729. The van der Waals surface area contributed by atoms with Crippen LogP contribution in [-0.4, -0.2) is 62.9 Å². The number of nitrogens with zero attached hydrogens (tertiary/aromatic N) is 3. The molecule has 3 rings (SSSR count). The zero-order chi connectivity index (χ0) is 18.8. The molecule has 0 aliphatic carbocycles. The zero-order valence-corrected chi connectivity index (χ0v) is 15.4. The van der Waals surface area contributed by atoms with Crippen molar-refractivity contribution in [1.29, 1.82) is 0 Å². The van der Waals surface area contributed by atoms with E-state index in [1.165, 1.54) is 45.3 Å². The second-order valence-corrected chi connectivity index (χ2v) is 9.50. The topological polar surface area (TPSA) is 105 Å². The molecule has 1 fully saturated rings. The summed E-state index contributed by atoms with van der Waals surface area (Å²) in [6, 6.07) is 8.92. The summed E-state index contributed by atoms with van der Waals surface area (Å²) in [4.78, 5) is 14.9. The minimum atomic E-state index is -3.87. The minimum absolute atomic E-state index is 0.00895. The van der Waals surface area contributed by atoms with E-state index in [1.807, 2.05) is 0 Å². The lowest BCUT2D eigenvalue weighted by Gasteiger charge is -2.33. The van der Waals surface area contributed by atoms with Crippen LogP contribution in [0.3, 0.4) is 0 Å². The van der Waals surface area contributed by atoms with E-state index in [9.17, 15) is 21.6 Å². The van der Waals surface area contributed by atoms with E-state index < -0.39 is 20.0 Å². The largest absolute Gasteiger partial charge is 0.298 e. The number of sulfonamides is 2. The highest BCUT2D eigenvalue weighted by Crippen LogP contribution is 2.23. The number of carbonyl (C=O) groups excluding carboxylic acids is 1. The molecule has 0 atom stereocenters. The van der Waals surface area contributed by atoms with Crippen molar-refractivity contribution in [2.75, 3.05) is 26.2 Å². The molecular formula is C16H17N3O5S2. The molecule has 26 heavy (non-hydrogen) atoms. The molecule has 1 aromatic heterocycles. The van der Waals surface area contributed by atoms with Crippen LogP contribution in [0.25, 0.3) is 0 Å². The summed E-state index contributed by atoms with van der Waals surface area (Å²) in [6.07, 6.45) is 3.24. The van der Waals surface area contributed by atoms with Crippen molar-refractivity contribution in [3.05, 3.63) is 54.4 Å². The smallest absolute Gasteiger partial charge is 0.244 e. The summed E-state index contributed by atoms with van der Waals surface area (Å²) in [5.74, 6) is 0. The standard InChI is InChI=1S/C16H17N3O5S2/c20-13-14-4-1-2-6-16(14)26(23,24)19-10-8-18(9-11-19)25(21,22)15-5-3-7-17-12-15/h1-7,12-13H,8-11H2. The Morgan fingerprint density at radius 2 is 1.46 bits per heavy atom. The minimum Gasteiger partial charge on any atom is -0.298 e. The van der Waals surface area contributed by atoms with Gasteiger partial charge in [0, 0.05) is 44.1 Å². The Morgan fingerprint density at radius 3 is 2.04 bits per heavy atom. The van der Waals surface area contributed by atoms with Gasteiger partial charge in [-0.05, 0) is 18.2 Å². The number of hydrogen-bond acceptors (Lipinski definition) is 6. The lowest BCUT2D eigenvalue weighted by atomic mass is 10.2. The SMILES string of the molecule is O=Cc1ccccc1S(=O)(=O)N1CCN(S(=O)(=O)c2cccnc2)CC1. The van der Waals surface area contributed by atoms with Crippen molar-refractivity contribution in [2.45, 2.75) is 9.79 Å². The fraction of sp³-hybridized carbons (Fsp3) is 0.250. The molecule has 0 amide bonds. The van der Waals surface area contributed by atoms with Gasteiger partial charge in [-0.25, -0.2) is 16.8 Å². The molecule has 0 saturated carbocycles. The van der Waals surface area contributed by atoms with Crippen molar-refractivity contribution in [2.24, 2.45) is 0 Å². The van der Waals surface area contributed by atoms with Crippen LogP contribution in [0.1, 0.15) is 10.4 Å². The van der Waals surface area contributed by atoms with Gasteiger partial charge in [-0.3, -0.25) is 9.78 Å². The number of pyridine rings is 1. The summed E-state index contributed by atoms with van der Waals surface area (Å²) < 4.78 is 53.2. The van der Waals surface area contributed by atoms with Crippen LogP contribution >= 0.6 is 0 Å². The number of carbonyl (C=O) groups is 1. The van der Waals surface area contributed by atoms with Gasteiger partial charge in [0.15, 0.2) is 6.29 Å². The predicted octanol–water partition coefficient (Wildman–Crippen LogP) is 0.589.